The molecule has 1 aromatic rings. The fourth-order valence-electron chi connectivity index (χ4n) is 3.03. The molecule has 0 bridgehead atoms. The lowest BCUT2D eigenvalue weighted by Gasteiger charge is -2.35. The van der Waals surface area contributed by atoms with Crippen molar-refractivity contribution in [2.75, 3.05) is 26.7 Å². The van der Waals surface area contributed by atoms with Crippen LogP contribution in [0.25, 0.3) is 0 Å². The van der Waals surface area contributed by atoms with Crippen LogP contribution in [0.5, 0.6) is 0 Å². The van der Waals surface area contributed by atoms with E-state index in [1.807, 2.05) is 13.1 Å². The summed E-state index contributed by atoms with van der Waals surface area (Å²) < 4.78 is 30.4. The molecule has 0 aliphatic carbocycles. The van der Waals surface area contributed by atoms with E-state index in [-0.39, 0.29) is 18.5 Å². The van der Waals surface area contributed by atoms with Crippen LogP contribution in [0.2, 0.25) is 0 Å². The first-order valence-corrected chi connectivity index (χ1v) is 9.42. The van der Waals surface area contributed by atoms with E-state index in [1.54, 1.807) is 20.2 Å². The van der Waals surface area contributed by atoms with Crippen molar-refractivity contribution in [3.63, 3.8) is 0 Å². The van der Waals surface area contributed by atoms with Crippen molar-refractivity contribution in [2.24, 2.45) is 5.92 Å². The molecule has 1 aromatic heterocycles. The van der Waals surface area contributed by atoms with Gasteiger partial charge in [-0.05, 0) is 19.8 Å². The van der Waals surface area contributed by atoms with Crippen molar-refractivity contribution in [1.82, 2.24) is 18.2 Å². The Balaban J connectivity index is 2.13. The highest BCUT2D eigenvalue weighted by molar-refractivity contribution is 7.86. The van der Waals surface area contributed by atoms with Gasteiger partial charge in [-0.2, -0.15) is 22.3 Å². The van der Waals surface area contributed by atoms with Gasteiger partial charge >= 0.3 is 0 Å². The lowest BCUT2D eigenvalue weighted by molar-refractivity contribution is 0.247. The topological polar surface area (TPSA) is 82.2 Å². The van der Waals surface area contributed by atoms with Crippen LogP contribution in [0, 0.1) is 17.2 Å². The Bertz CT molecular complexity index is 664. The van der Waals surface area contributed by atoms with Crippen LogP contribution in [0.15, 0.2) is 12.4 Å². The smallest absolute Gasteiger partial charge is 0.281 e. The minimum Gasteiger partial charge on any atom is -0.331 e. The number of aromatic nitrogens is 2. The summed E-state index contributed by atoms with van der Waals surface area (Å²) in [7, 11) is -1.99. The fraction of sp³-hybridized carbons (Fsp3) is 0.733. The van der Waals surface area contributed by atoms with Crippen molar-refractivity contribution in [3.05, 3.63) is 18.2 Å². The van der Waals surface area contributed by atoms with Gasteiger partial charge in [0.25, 0.3) is 10.2 Å². The second kappa shape index (κ2) is 7.43. The van der Waals surface area contributed by atoms with E-state index >= 15 is 0 Å². The fourth-order valence-corrected chi connectivity index (χ4v) is 4.55. The molecule has 0 amide bonds. The Hall–Kier alpha value is -1.43. The maximum atomic E-state index is 12.7. The maximum absolute atomic E-state index is 12.7. The molecule has 2 atom stereocenters. The summed E-state index contributed by atoms with van der Waals surface area (Å²) in [6.07, 6.45) is 6.31. The molecule has 0 radical (unpaired) electrons. The predicted molar refractivity (Wildman–Crippen MR) is 87.8 cm³/mol. The Morgan fingerprint density at radius 2 is 2.30 bits per heavy atom. The summed E-state index contributed by atoms with van der Waals surface area (Å²) in [6.45, 7) is 4.97. The molecule has 128 valence electrons. The lowest BCUT2D eigenvalue weighted by atomic mass is 10.1. The Kier molecular flexibility index (Phi) is 5.79. The van der Waals surface area contributed by atoms with Gasteiger partial charge in [0.05, 0.1) is 12.0 Å². The summed E-state index contributed by atoms with van der Waals surface area (Å²) in [5.74, 6) is 0.663. The largest absolute Gasteiger partial charge is 0.331 e. The van der Waals surface area contributed by atoms with E-state index in [0.29, 0.717) is 13.1 Å². The zero-order valence-electron chi connectivity index (χ0n) is 14.0. The third-order valence-electron chi connectivity index (χ3n) is 4.29. The number of piperidine rings is 1. The minimum atomic E-state index is -3.53. The Labute approximate surface area is 138 Å². The highest BCUT2D eigenvalue weighted by atomic mass is 32.2. The van der Waals surface area contributed by atoms with Crippen LogP contribution >= 0.6 is 0 Å². The van der Waals surface area contributed by atoms with E-state index in [1.165, 1.54) is 8.61 Å². The second-order valence-corrected chi connectivity index (χ2v) is 8.11. The molecule has 1 saturated heterocycles. The van der Waals surface area contributed by atoms with Gasteiger partial charge in [-0.3, -0.25) is 0 Å². The van der Waals surface area contributed by atoms with Gasteiger partial charge in [-0.25, -0.2) is 4.98 Å². The molecular weight excluding hydrogens is 314 g/mol. The van der Waals surface area contributed by atoms with E-state index < -0.39 is 10.2 Å². The third-order valence-corrected chi connectivity index (χ3v) is 6.21. The standard InChI is InChI=1S/C15H25N5O2S/c1-4-15-17-7-9-20(15)14-6-5-8-19(12-14)23(21,22)18(3)11-13(2)10-16/h7,9,13-14H,4-6,8,11-12H2,1-3H3. The van der Waals surface area contributed by atoms with Crippen LogP contribution in [0.1, 0.15) is 38.6 Å². The van der Waals surface area contributed by atoms with Crippen molar-refractivity contribution in [3.8, 4) is 6.07 Å². The predicted octanol–water partition coefficient (Wildman–Crippen LogP) is 1.42. The third kappa shape index (κ3) is 3.91. The highest BCUT2D eigenvalue weighted by Crippen LogP contribution is 2.25. The number of nitrogens with zero attached hydrogens (tertiary/aromatic N) is 5. The van der Waals surface area contributed by atoms with Crippen molar-refractivity contribution >= 4 is 10.2 Å². The van der Waals surface area contributed by atoms with Crippen molar-refractivity contribution < 1.29 is 8.42 Å². The monoisotopic (exact) mass is 339 g/mol. The van der Waals surface area contributed by atoms with Gasteiger partial charge < -0.3 is 4.57 Å². The first kappa shape index (κ1) is 17.9. The number of rotatable bonds is 6. The van der Waals surface area contributed by atoms with Gasteiger partial charge in [-0.1, -0.05) is 6.92 Å². The van der Waals surface area contributed by atoms with Gasteiger partial charge in [0.1, 0.15) is 5.82 Å². The molecule has 1 aliphatic rings. The summed E-state index contributed by atoms with van der Waals surface area (Å²) in [6, 6.07) is 2.20. The molecule has 1 fully saturated rings. The van der Waals surface area contributed by atoms with E-state index in [2.05, 4.69) is 15.6 Å². The van der Waals surface area contributed by atoms with Gasteiger partial charge in [0.2, 0.25) is 0 Å². The van der Waals surface area contributed by atoms with E-state index in [0.717, 1.165) is 25.1 Å². The van der Waals surface area contributed by atoms with E-state index in [4.69, 9.17) is 5.26 Å². The highest BCUT2D eigenvalue weighted by Gasteiger charge is 2.33. The zero-order chi connectivity index (χ0) is 17.0. The van der Waals surface area contributed by atoms with Crippen LogP contribution in [-0.4, -0.2) is 53.3 Å². The average molecular weight is 339 g/mol. The average Bonchev–Trinajstić information content (AvgIpc) is 3.03. The SMILES string of the molecule is CCc1nccn1C1CCCN(S(=O)(=O)N(C)CC(C)C#N)C1. The molecule has 8 heteroatoms. The first-order chi connectivity index (χ1) is 10.9. The normalized spacial score (nSPS) is 21.3. The maximum Gasteiger partial charge on any atom is 0.281 e. The Morgan fingerprint density at radius 3 is 2.96 bits per heavy atom. The number of nitriles is 1. The summed E-state index contributed by atoms with van der Waals surface area (Å²) in [5, 5.41) is 8.89. The lowest BCUT2D eigenvalue weighted by Crippen LogP contribution is -2.48. The zero-order valence-corrected chi connectivity index (χ0v) is 14.8. The minimum absolute atomic E-state index is 0.123. The van der Waals surface area contributed by atoms with Gasteiger partial charge in [-0.15, -0.1) is 0 Å². The van der Waals surface area contributed by atoms with Crippen LogP contribution in [0.3, 0.4) is 0 Å². The van der Waals surface area contributed by atoms with Crippen LogP contribution in [-0.2, 0) is 16.6 Å². The molecule has 0 saturated carbocycles. The molecule has 23 heavy (non-hydrogen) atoms. The molecule has 7 nitrogen and oxygen atoms in total. The molecule has 2 rings (SSSR count). The quantitative estimate of drug-likeness (QED) is 0.785. The van der Waals surface area contributed by atoms with E-state index in [9.17, 15) is 8.42 Å². The first-order valence-electron chi connectivity index (χ1n) is 8.02. The summed E-state index contributed by atoms with van der Waals surface area (Å²) in [4.78, 5) is 4.33. The van der Waals surface area contributed by atoms with Crippen LogP contribution in [0.4, 0.5) is 0 Å². The summed E-state index contributed by atoms with van der Waals surface area (Å²) >= 11 is 0. The number of hydrogen-bond acceptors (Lipinski definition) is 4. The molecule has 0 N–H and O–H groups in total. The second-order valence-electron chi connectivity index (χ2n) is 6.08. The van der Waals surface area contributed by atoms with Crippen molar-refractivity contribution in [2.45, 2.75) is 39.2 Å². The molecule has 0 aromatic carbocycles. The molecule has 1 aliphatic heterocycles. The molecule has 2 unspecified atom stereocenters. The van der Waals surface area contributed by atoms with Crippen LogP contribution < -0.4 is 0 Å². The number of imidazole rings is 1. The Morgan fingerprint density at radius 1 is 1.57 bits per heavy atom. The molecule has 0 spiro atoms. The van der Waals surface area contributed by atoms with Crippen molar-refractivity contribution in [1.29, 1.82) is 5.26 Å². The van der Waals surface area contributed by atoms with Gasteiger partial charge in [0.15, 0.2) is 0 Å². The number of aryl methyl sites for hydroxylation is 1. The summed E-state index contributed by atoms with van der Waals surface area (Å²) in [5.41, 5.74) is 0. The van der Waals surface area contributed by atoms with Gasteiger partial charge in [0, 0.05) is 51.5 Å². The number of hydrogen-bond donors (Lipinski definition) is 0. The molecular formula is C15H25N5O2S. The molecule has 2 heterocycles.